The van der Waals surface area contributed by atoms with Gasteiger partial charge in [-0.1, -0.05) is 31.5 Å². The summed E-state index contributed by atoms with van der Waals surface area (Å²) >= 11 is 0. The topological polar surface area (TPSA) is 58.6 Å². The normalized spacial score (nSPS) is 23.3. The van der Waals surface area contributed by atoms with Gasteiger partial charge in [-0.15, -0.1) is 0 Å². The van der Waals surface area contributed by atoms with Crippen LogP contribution in [0.1, 0.15) is 32.6 Å². The van der Waals surface area contributed by atoms with Gasteiger partial charge in [0.25, 0.3) is 0 Å². The van der Waals surface area contributed by atoms with Crippen LogP contribution in [0.15, 0.2) is 30.3 Å². The molecule has 0 bridgehead atoms. The molecule has 0 heterocycles. The van der Waals surface area contributed by atoms with Crippen LogP contribution in [-0.2, 0) is 4.79 Å². The molecule has 0 aromatic heterocycles. The summed E-state index contributed by atoms with van der Waals surface area (Å²) in [4.78, 5) is 12.0. The van der Waals surface area contributed by atoms with Gasteiger partial charge in [-0.2, -0.15) is 0 Å². The highest BCUT2D eigenvalue weighted by atomic mass is 16.5. The lowest BCUT2D eigenvalue weighted by molar-refractivity contribution is -0.125. The van der Waals surface area contributed by atoms with Gasteiger partial charge < -0.3 is 15.2 Å². The summed E-state index contributed by atoms with van der Waals surface area (Å²) < 4.78 is 5.60. The standard InChI is InChI=1S/C17H25NO3/c1-13(12-21-16-8-3-2-4-9-16)17(20)18-11-14-6-5-7-15(19)10-14/h2-4,8-9,13-15,19H,5-7,10-12H2,1H3,(H,18,20). The molecule has 3 atom stereocenters. The van der Waals surface area contributed by atoms with Crippen molar-refractivity contribution in [3.05, 3.63) is 30.3 Å². The van der Waals surface area contributed by atoms with Gasteiger partial charge >= 0.3 is 0 Å². The summed E-state index contributed by atoms with van der Waals surface area (Å²) in [7, 11) is 0. The van der Waals surface area contributed by atoms with E-state index in [1.165, 1.54) is 0 Å². The lowest BCUT2D eigenvalue weighted by atomic mass is 9.87. The zero-order chi connectivity index (χ0) is 15.1. The van der Waals surface area contributed by atoms with E-state index in [4.69, 9.17) is 4.74 Å². The first-order valence-corrected chi connectivity index (χ1v) is 7.78. The monoisotopic (exact) mass is 291 g/mol. The molecule has 21 heavy (non-hydrogen) atoms. The second-order valence-electron chi connectivity index (χ2n) is 5.96. The predicted molar refractivity (Wildman–Crippen MR) is 82.1 cm³/mol. The third kappa shape index (κ3) is 5.38. The number of aliphatic hydroxyl groups is 1. The summed E-state index contributed by atoms with van der Waals surface area (Å²) in [5, 5.41) is 12.6. The Labute approximate surface area is 126 Å². The van der Waals surface area contributed by atoms with Crippen molar-refractivity contribution in [1.29, 1.82) is 0 Å². The van der Waals surface area contributed by atoms with E-state index in [0.29, 0.717) is 19.1 Å². The van der Waals surface area contributed by atoms with Crippen LogP contribution < -0.4 is 10.1 Å². The number of ether oxygens (including phenoxy) is 1. The van der Waals surface area contributed by atoms with Gasteiger partial charge in [0.05, 0.1) is 18.6 Å². The molecule has 1 saturated carbocycles. The van der Waals surface area contributed by atoms with Crippen molar-refractivity contribution in [1.82, 2.24) is 5.32 Å². The van der Waals surface area contributed by atoms with Gasteiger partial charge in [0, 0.05) is 6.54 Å². The van der Waals surface area contributed by atoms with E-state index in [-0.39, 0.29) is 17.9 Å². The van der Waals surface area contributed by atoms with Crippen LogP contribution in [0.4, 0.5) is 0 Å². The molecule has 0 spiro atoms. The fourth-order valence-electron chi connectivity index (χ4n) is 2.68. The molecule has 2 rings (SSSR count). The van der Waals surface area contributed by atoms with Crippen molar-refractivity contribution in [3.8, 4) is 5.75 Å². The molecule has 3 unspecified atom stereocenters. The Bertz CT molecular complexity index is 435. The number of benzene rings is 1. The second kappa shape index (κ2) is 8.03. The van der Waals surface area contributed by atoms with Crippen LogP contribution in [0.25, 0.3) is 0 Å². The first kappa shape index (κ1) is 15.8. The minimum atomic E-state index is -0.195. The van der Waals surface area contributed by atoms with Crippen molar-refractivity contribution in [2.45, 2.75) is 38.7 Å². The fraction of sp³-hybridized carbons (Fsp3) is 0.588. The van der Waals surface area contributed by atoms with Crippen LogP contribution in [0.2, 0.25) is 0 Å². The molecule has 1 aliphatic carbocycles. The van der Waals surface area contributed by atoms with Crippen LogP contribution in [0, 0.1) is 11.8 Å². The Kier molecular flexibility index (Phi) is 6.05. The number of hydrogen-bond donors (Lipinski definition) is 2. The minimum Gasteiger partial charge on any atom is -0.493 e. The average Bonchev–Trinajstić information content (AvgIpc) is 2.51. The molecule has 0 saturated heterocycles. The van der Waals surface area contributed by atoms with E-state index in [0.717, 1.165) is 31.4 Å². The lowest BCUT2D eigenvalue weighted by Gasteiger charge is -2.26. The highest BCUT2D eigenvalue weighted by Gasteiger charge is 2.21. The summed E-state index contributed by atoms with van der Waals surface area (Å²) in [5.41, 5.74) is 0. The Hall–Kier alpha value is -1.55. The largest absolute Gasteiger partial charge is 0.493 e. The van der Waals surface area contributed by atoms with Crippen molar-refractivity contribution >= 4 is 5.91 Å². The van der Waals surface area contributed by atoms with Gasteiger partial charge in [-0.3, -0.25) is 4.79 Å². The number of aliphatic hydroxyl groups excluding tert-OH is 1. The van der Waals surface area contributed by atoms with E-state index in [1.54, 1.807) is 0 Å². The molecular formula is C17H25NO3. The van der Waals surface area contributed by atoms with Crippen LogP contribution in [0.5, 0.6) is 5.75 Å². The number of para-hydroxylation sites is 1. The fourth-order valence-corrected chi connectivity index (χ4v) is 2.68. The maximum absolute atomic E-state index is 12.0. The van der Waals surface area contributed by atoms with Gasteiger partial charge in [-0.05, 0) is 37.3 Å². The van der Waals surface area contributed by atoms with Gasteiger partial charge in [0.2, 0.25) is 5.91 Å². The third-order valence-electron chi connectivity index (χ3n) is 4.01. The molecule has 1 aromatic rings. The maximum Gasteiger partial charge on any atom is 0.226 e. The quantitative estimate of drug-likeness (QED) is 0.846. The van der Waals surface area contributed by atoms with Gasteiger partial charge in [0.15, 0.2) is 0 Å². The van der Waals surface area contributed by atoms with Gasteiger partial charge in [0.1, 0.15) is 5.75 Å². The Morgan fingerprint density at radius 2 is 2.14 bits per heavy atom. The molecule has 1 aliphatic rings. The number of rotatable bonds is 6. The SMILES string of the molecule is CC(COc1ccccc1)C(=O)NCC1CCCC(O)C1. The summed E-state index contributed by atoms with van der Waals surface area (Å²) in [6.45, 7) is 2.91. The first-order valence-electron chi connectivity index (χ1n) is 7.78. The van der Waals surface area contributed by atoms with E-state index >= 15 is 0 Å². The third-order valence-corrected chi connectivity index (χ3v) is 4.01. The van der Waals surface area contributed by atoms with E-state index in [2.05, 4.69) is 5.32 Å². The van der Waals surface area contributed by atoms with Crippen LogP contribution in [0.3, 0.4) is 0 Å². The Balaban J connectivity index is 1.67. The smallest absolute Gasteiger partial charge is 0.226 e. The zero-order valence-electron chi connectivity index (χ0n) is 12.6. The number of carbonyl (C=O) groups excluding carboxylic acids is 1. The Morgan fingerprint density at radius 1 is 1.38 bits per heavy atom. The second-order valence-corrected chi connectivity index (χ2v) is 5.96. The summed E-state index contributed by atoms with van der Waals surface area (Å²) in [5.74, 6) is 1.03. The van der Waals surface area contributed by atoms with Crippen molar-refractivity contribution in [3.63, 3.8) is 0 Å². The predicted octanol–water partition coefficient (Wildman–Crippen LogP) is 2.37. The average molecular weight is 291 g/mol. The van der Waals surface area contributed by atoms with Crippen LogP contribution >= 0.6 is 0 Å². The molecule has 4 nitrogen and oxygen atoms in total. The zero-order valence-corrected chi connectivity index (χ0v) is 12.6. The number of amides is 1. The highest BCUT2D eigenvalue weighted by molar-refractivity contribution is 5.78. The molecule has 1 amide bonds. The Morgan fingerprint density at radius 3 is 2.86 bits per heavy atom. The maximum atomic E-state index is 12.0. The lowest BCUT2D eigenvalue weighted by Crippen LogP contribution is -2.37. The van der Waals surface area contributed by atoms with Crippen molar-refractivity contribution in [2.24, 2.45) is 11.8 Å². The van der Waals surface area contributed by atoms with E-state index in [9.17, 15) is 9.90 Å². The molecule has 4 heteroatoms. The molecule has 116 valence electrons. The van der Waals surface area contributed by atoms with Crippen LogP contribution in [-0.4, -0.2) is 30.3 Å². The summed E-state index contributed by atoms with van der Waals surface area (Å²) in [6.07, 6.45) is 3.64. The number of hydrogen-bond acceptors (Lipinski definition) is 3. The molecular weight excluding hydrogens is 266 g/mol. The number of carbonyl (C=O) groups is 1. The molecule has 1 fully saturated rings. The van der Waals surface area contributed by atoms with Crippen molar-refractivity contribution < 1.29 is 14.6 Å². The molecule has 1 aromatic carbocycles. The molecule has 2 N–H and O–H groups in total. The van der Waals surface area contributed by atoms with E-state index < -0.39 is 0 Å². The van der Waals surface area contributed by atoms with Gasteiger partial charge in [-0.25, -0.2) is 0 Å². The van der Waals surface area contributed by atoms with Crippen molar-refractivity contribution in [2.75, 3.05) is 13.2 Å². The molecule has 0 aliphatic heterocycles. The first-order chi connectivity index (χ1) is 10.1. The highest BCUT2D eigenvalue weighted by Crippen LogP contribution is 2.23. The summed E-state index contributed by atoms with van der Waals surface area (Å²) in [6, 6.07) is 9.52. The molecule has 0 radical (unpaired) electrons. The van der Waals surface area contributed by atoms with E-state index in [1.807, 2.05) is 37.3 Å². The minimum absolute atomic E-state index is 0.0194. The number of nitrogens with one attached hydrogen (secondary N) is 1.